The third kappa shape index (κ3) is 15.7. The Morgan fingerprint density at radius 1 is 0.957 bits per heavy atom. The lowest BCUT2D eigenvalue weighted by Gasteiger charge is -2.30. The highest BCUT2D eigenvalue weighted by Crippen LogP contribution is 2.23. The van der Waals surface area contributed by atoms with Gasteiger partial charge >= 0.3 is 0 Å². The Morgan fingerprint density at radius 3 is 2.13 bits per heavy atom. The summed E-state index contributed by atoms with van der Waals surface area (Å²) in [6.07, 6.45) is 15.9. The van der Waals surface area contributed by atoms with Gasteiger partial charge in [0.2, 0.25) is 24.1 Å². The second kappa shape index (κ2) is 22.8. The van der Waals surface area contributed by atoms with Crippen LogP contribution in [0.5, 0.6) is 0 Å². The van der Waals surface area contributed by atoms with Crippen LogP contribution in [0.2, 0.25) is 0 Å². The Hall–Kier alpha value is -2.68. The first-order chi connectivity index (χ1) is 21.8. The molecule has 9 nitrogen and oxygen atoms in total. The molecule has 0 aromatic rings. The van der Waals surface area contributed by atoms with Gasteiger partial charge in [-0.25, -0.2) is 0 Å². The molecule has 2 atom stereocenters. The minimum absolute atomic E-state index is 0.0738. The quantitative estimate of drug-likeness (QED) is 0.161. The Labute approximate surface area is 281 Å². The number of carbonyl (C=O) groups excluding carboxylic acids is 4. The van der Waals surface area contributed by atoms with Crippen LogP contribution in [0, 0.1) is 11.8 Å². The van der Waals surface area contributed by atoms with Crippen LogP contribution in [0.3, 0.4) is 0 Å². The van der Waals surface area contributed by atoms with Gasteiger partial charge in [0.1, 0.15) is 6.04 Å². The Bertz CT molecular complexity index is 981. The van der Waals surface area contributed by atoms with Crippen LogP contribution in [0.1, 0.15) is 120 Å². The fourth-order valence-corrected chi connectivity index (χ4v) is 6.04. The molecule has 2 fully saturated rings. The van der Waals surface area contributed by atoms with Gasteiger partial charge in [0.25, 0.3) is 0 Å². The smallest absolute Gasteiger partial charge is 0.249 e. The number of hydrogen-bond donors (Lipinski definition) is 2. The van der Waals surface area contributed by atoms with E-state index < -0.39 is 6.04 Å². The third-order valence-electron chi connectivity index (χ3n) is 8.69. The lowest BCUT2D eigenvalue weighted by atomic mass is 9.97. The predicted octanol–water partition coefficient (Wildman–Crippen LogP) is 5.70. The third-order valence-corrected chi connectivity index (χ3v) is 8.69. The highest BCUT2D eigenvalue weighted by Gasteiger charge is 2.35. The summed E-state index contributed by atoms with van der Waals surface area (Å²) in [6.45, 7) is 20.5. The van der Waals surface area contributed by atoms with E-state index in [-0.39, 0.29) is 36.2 Å². The van der Waals surface area contributed by atoms with Crippen LogP contribution < -0.4 is 10.6 Å². The van der Waals surface area contributed by atoms with Crippen molar-refractivity contribution in [2.24, 2.45) is 11.8 Å². The van der Waals surface area contributed by atoms with Crippen LogP contribution >= 0.6 is 0 Å². The molecule has 0 spiro atoms. The second-order valence-electron chi connectivity index (χ2n) is 14.3. The van der Waals surface area contributed by atoms with Gasteiger partial charge in [-0.05, 0) is 103 Å². The molecule has 9 heteroatoms. The first-order valence-corrected chi connectivity index (χ1v) is 17.9. The highest BCUT2D eigenvalue weighted by atomic mass is 16.2. The van der Waals surface area contributed by atoms with E-state index in [1.165, 1.54) is 50.8 Å². The lowest BCUT2D eigenvalue weighted by molar-refractivity contribution is -0.135. The molecule has 0 bridgehead atoms. The summed E-state index contributed by atoms with van der Waals surface area (Å²) in [7, 11) is 1.67. The molecular formula is C37H67N5O4. The van der Waals surface area contributed by atoms with Crippen molar-refractivity contribution in [2.75, 3.05) is 39.8 Å². The normalized spacial score (nSPS) is 19.4. The summed E-state index contributed by atoms with van der Waals surface area (Å²) in [5.41, 5.74) is 1.94. The van der Waals surface area contributed by atoms with Gasteiger partial charge in [0, 0.05) is 31.8 Å². The molecule has 264 valence electrons. The van der Waals surface area contributed by atoms with Crippen molar-refractivity contribution >= 4 is 24.1 Å². The van der Waals surface area contributed by atoms with Crippen molar-refractivity contribution in [2.45, 2.75) is 138 Å². The molecular weight excluding hydrogens is 578 g/mol. The van der Waals surface area contributed by atoms with Gasteiger partial charge in [-0.2, -0.15) is 0 Å². The van der Waals surface area contributed by atoms with E-state index in [1.807, 2.05) is 13.8 Å². The summed E-state index contributed by atoms with van der Waals surface area (Å²) in [5.74, 6) is 0.423. The Balaban J connectivity index is 0.000000674. The number of nitrogens with zero attached hydrogens (tertiary/aromatic N) is 3. The largest absolute Gasteiger partial charge is 0.354 e. The number of hydrogen-bond acceptors (Lipinski definition) is 5. The fourth-order valence-electron chi connectivity index (χ4n) is 6.04. The molecule has 0 saturated carbocycles. The maximum absolute atomic E-state index is 13.2. The van der Waals surface area contributed by atoms with E-state index in [1.54, 1.807) is 29.8 Å². The fraction of sp³-hybridized carbons (Fsp3) is 0.784. The van der Waals surface area contributed by atoms with Gasteiger partial charge in [0.15, 0.2) is 0 Å². The van der Waals surface area contributed by atoms with E-state index >= 15 is 0 Å². The number of carbonyl (C=O) groups is 4. The van der Waals surface area contributed by atoms with Crippen molar-refractivity contribution < 1.29 is 19.2 Å². The molecule has 2 saturated heterocycles. The van der Waals surface area contributed by atoms with E-state index in [4.69, 9.17) is 0 Å². The molecule has 2 heterocycles. The van der Waals surface area contributed by atoms with Gasteiger partial charge in [-0.3, -0.25) is 19.2 Å². The van der Waals surface area contributed by atoms with Crippen molar-refractivity contribution in [3.05, 3.63) is 23.3 Å². The number of likely N-dealkylation sites (tertiary alicyclic amines) is 2. The number of nitrogens with one attached hydrogen (secondary N) is 2. The maximum Gasteiger partial charge on any atom is 0.249 e. The first kappa shape index (κ1) is 41.3. The maximum atomic E-state index is 13.2. The van der Waals surface area contributed by atoms with Crippen LogP contribution in [0.4, 0.5) is 0 Å². The second-order valence-corrected chi connectivity index (χ2v) is 14.3. The zero-order valence-corrected chi connectivity index (χ0v) is 30.7. The molecule has 0 aromatic carbocycles. The summed E-state index contributed by atoms with van der Waals surface area (Å²) >= 11 is 0. The number of rotatable bonds is 12. The monoisotopic (exact) mass is 646 g/mol. The zero-order chi connectivity index (χ0) is 34.6. The van der Waals surface area contributed by atoms with E-state index in [0.29, 0.717) is 31.5 Å². The molecule has 2 N–H and O–H groups in total. The predicted molar refractivity (Wildman–Crippen MR) is 189 cm³/mol. The summed E-state index contributed by atoms with van der Waals surface area (Å²) in [5, 5.41) is 5.41. The Kier molecular flexibility index (Phi) is 20.5. The summed E-state index contributed by atoms with van der Waals surface area (Å²) in [4.78, 5) is 54.6. The van der Waals surface area contributed by atoms with Crippen molar-refractivity contribution in [1.29, 1.82) is 0 Å². The Morgan fingerprint density at radius 2 is 1.61 bits per heavy atom. The lowest BCUT2D eigenvalue weighted by Crippen LogP contribution is -2.47. The molecule has 1 aliphatic carbocycles. The SMILES string of the molecule is C/C(=C\[C@H](C(C)C)N(C)C(=O)CNC=O)C(=O)N1CCC[C@H]1C(=O)NCCC1=CCCCC1.CC(C)C.CC(C)N1CCCCC1. The van der Waals surface area contributed by atoms with Gasteiger partial charge in [-0.1, -0.05) is 58.8 Å². The van der Waals surface area contributed by atoms with Crippen molar-refractivity contribution in [3.63, 3.8) is 0 Å². The van der Waals surface area contributed by atoms with Crippen molar-refractivity contribution in [1.82, 2.24) is 25.3 Å². The number of amides is 4. The number of likely N-dealkylation sites (N-methyl/N-ethyl adjacent to an activating group) is 1. The molecule has 3 rings (SSSR count). The van der Waals surface area contributed by atoms with E-state index in [2.05, 4.69) is 56.2 Å². The highest BCUT2D eigenvalue weighted by molar-refractivity contribution is 5.97. The molecule has 0 radical (unpaired) electrons. The standard InChI is InChI=1S/C25H40N4O4.C8H17N.C4H10/c1-18(2)22(28(4)23(31)16-26-17-30)15-19(3)25(33)29-14-8-11-21(29)24(32)27-13-12-20-9-6-5-7-10-20;1-8(2)9-6-4-3-5-7-9;1-4(2)3/h9,15,17-18,21-22H,5-8,10-14,16H2,1-4H3,(H,26,30)(H,27,32);8H,3-7H2,1-2H3;4H,1-3H3/b19-15+;;/t21-,22+;;/m0../s1. The summed E-state index contributed by atoms with van der Waals surface area (Å²) < 4.78 is 0. The minimum atomic E-state index is -0.449. The van der Waals surface area contributed by atoms with Gasteiger partial charge in [0.05, 0.1) is 12.6 Å². The van der Waals surface area contributed by atoms with Crippen LogP contribution in [0.25, 0.3) is 0 Å². The van der Waals surface area contributed by atoms with Gasteiger partial charge in [-0.15, -0.1) is 0 Å². The van der Waals surface area contributed by atoms with Crippen LogP contribution in [0.15, 0.2) is 23.3 Å². The first-order valence-electron chi connectivity index (χ1n) is 17.9. The molecule has 3 aliphatic rings. The topological polar surface area (TPSA) is 102 Å². The number of allylic oxidation sites excluding steroid dienone is 1. The molecule has 2 aliphatic heterocycles. The van der Waals surface area contributed by atoms with Gasteiger partial charge < -0.3 is 25.3 Å². The van der Waals surface area contributed by atoms with Crippen molar-refractivity contribution in [3.8, 4) is 0 Å². The average molecular weight is 646 g/mol. The molecule has 0 unspecified atom stereocenters. The van der Waals surface area contributed by atoms with Crippen LogP contribution in [-0.2, 0) is 19.2 Å². The van der Waals surface area contributed by atoms with E-state index in [0.717, 1.165) is 37.6 Å². The molecule has 0 aromatic heterocycles. The summed E-state index contributed by atoms with van der Waals surface area (Å²) in [6, 6.07) is 0.0219. The van der Waals surface area contributed by atoms with Crippen LogP contribution in [-0.4, -0.2) is 96.7 Å². The van der Waals surface area contributed by atoms with E-state index in [9.17, 15) is 19.2 Å². The minimum Gasteiger partial charge on any atom is -0.354 e. The number of piperidine rings is 1. The molecule has 4 amide bonds. The average Bonchev–Trinajstić information content (AvgIpc) is 3.52. The molecule has 46 heavy (non-hydrogen) atoms. The zero-order valence-electron chi connectivity index (χ0n) is 30.7.